The summed E-state index contributed by atoms with van der Waals surface area (Å²) in [6, 6.07) is 5.09. The van der Waals surface area contributed by atoms with Crippen LogP contribution in [-0.4, -0.2) is 33.9 Å². The highest BCUT2D eigenvalue weighted by molar-refractivity contribution is 6.32. The summed E-state index contributed by atoms with van der Waals surface area (Å²) in [5.41, 5.74) is 0.245. The Morgan fingerprint density at radius 3 is 2.69 bits per heavy atom. The minimum atomic E-state index is -0.482. The van der Waals surface area contributed by atoms with E-state index in [1.165, 1.54) is 38.5 Å². The Balaban J connectivity index is 1.63. The molecule has 1 saturated carbocycles. The van der Waals surface area contributed by atoms with Gasteiger partial charge in [-0.1, -0.05) is 37.3 Å². The van der Waals surface area contributed by atoms with Crippen LogP contribution in [0.2, 0.25) is 5.15 Å². The molecule has 6 nitrogen and oxygen atoms in total. The van der Waals surface area contributed by atoms with Crippen molar-refractivity contribution in [3.05, 3.63) is 35.1 Å². The van der Waals surface area contributed by atoms with E-state index in [1.54, 1.807) is 29.9 Å². The molecule has 1 aliphatic rings. The second-order valence-corrected chi connectivity index (χ2v) is 6.85. The topological polar surface area (TPSA) is 66.2 Å². The van der Waals surface area contributed by atoms with Crippen molar-refractivity contribution in [2.24, 2.45) is 5.92 Å². The number of rotatable bonds is 6. The first-order chi connectivity index (χ1) is 12.7. The van der Waals surface area contributed by atoms with Gasteiger partial charge in [0.1, 0.15) is 5.15 Å². The van der Waals surface area contributed by atoms with Gasteiger partial charge >= 0.3 is 5.97 Å². The highest BCUT2D eigenvalue weighted by atomic mass is 35.5. The molecule has 3 rings (SSSR count). The number of aromatic nitrogens is 3. The molecular formula is C19H24ClN3O3. The molecule has 0 bridgehead atoms. The minimum Gasteiger partial charge on any atom is -0.476 e. The SMILES string of the molecule is CCOC(=O)c1ccc(-n2ccc(OCC3CCCCCC3)n2)nc1Cl. The predicted octanol–water partition coefficient (Wildman–Crippen LogP) is 4.45. The zero-order chi connectivity index (χ0) is 18.4. The maximum atomic E-state index is 11.8. The lowest BCUT2D eigenvalue weighted by Gasteiger charge is -2.13. The molecule has 7 heteroatoms. The van der Waals surface area contributed by atoms with Crippen LogP contribution in [0.3, 0.4) is 0 Å². The average molecular weight is 378 g/mol. The monoisotopic (exact) mass is 377 g/mol. The lowest BCUT2D eigenvalue weighted by molar-refractivity contribution is 0.0526. The van der Waals surface area contributed by atoms with Crippen LogP contribution in [0.1, 0.15) is 55.8 Å². The van der Waals surface area contributed by atoms with Crippen molar-refractivity contribution in [3.8, 4) is 11.7 Å². The molecule has 2 heterocycles. The molecule has 0 amide bonds. The molecule has 0 aromatic carbocycles. The molecule has 0 atom stereocenters. The number of hydrogen-bond acceptors (Lipinski definition) is 5. The van der Waals surface area contributed by atoms with Crippen LogP contribution in [-0.2, 0) is 4.74 Å². The molecule has 0 spiro atoms. The summed E-state index contributed by atoms with van der Waals surface area (Å²) < 4.78 is 12.4. The second-order valence-electron chi connectivity index (χ2n) is 6.50. The van der Waals surface area contributed by atoms with Gasteiger partial charge in [0.2, 0.25) is 5.88 Å². The molecule has 0 N–H and O–H groups in total. The van der Waals surface area contributed by atoms with Crippen LogP contribution in [0.15, 0.2) is 24.4 Å². The lowest BCUT2D eigenvalue weighted by atomic mass is 10.0. The van der Waals surface area contributed by atoms with Gasteiger partial charge in [-0.3, -0.25) is 0 Å². The highest BCUT2D eigenvalue weighted by Crippen LogP contribution is 2.24. The number of carbonyl (C=O) groups excluding carboxylic acids is 1. The molecule has 2 aromatic rings. The van der Waals surface area contributed by atoms with E-state index in [2.05, 4.69) is 10.1 Å². The normalized spacial score (nSPS) is 15.5. The van der Waals surface area contributed by atoms with Crippen LogP contribution in [0, 0.1) is 5.92 Å². The van der Waals surface area contributed by atoms with E-state index in [0.717, 1.165) is 0 Å². The molecule has 1 fully saturated rings. The number of ether oxygens (including phenoxy) is 2. The first kappa shape index (κ1) is 18.7. The number of nitrogens with zero attached hydrogens (tertiary/aromatic N) is 3. The number of halogens is 1. The van der Waals surface area contributed by atoms with Gasteiger partial charge in [-0.05, 0) is 37.8 Å². The maximum absolute atomic E-state index is 11.8. The van der Waals surface area contributed by atoms with E-state index < -0.39 is 5.97 Å². The predicted molar refractivity (Wildman–Crippen MR) is 99.0 cm³/mol. The lowest BCUT2D eigenvalue weighted by Crippen LogP contribution is -2.12. The molecule has 140 valence electrons. The molecule has 0 saturated heterocycles. The standard InChI is InChI=1S/C19H24ClN3O3/c1-2-25-19(24)15-9-10-16(21-18(15)20)23-12-11-17(22-23)26-13-14-7-5-3-4-6-8-14/h9-12,14H,2-8,13H2,1H3. The second kappa shape index (κ2) is 9.03. The van der Waals surface area contributed by atoms with Gasteiger partial charge in [0.25, 0.3) is 0 Å². The highest BCUT2D eigenvalue weighted by Gasteiger charge is 2.16. The number of hydrogen-bond donors (Lipinski definition) is 0. The number of carbonyl (C=O) groups is 1. The van der Waals surface area contributed by atoms with Gasteiger partial charge in [0.15, 0.2) is 5.82 Å². The van der Waals surface area contributed by atoms with Crippen molar-refractivity contribution in [1.29, 1.82) is 0 Å². The average Bonchev–Trinajstić information content (AvgIpc) is 2.95. The third-order valence-corrected chi connectivity index (χ3v) is 4.86. The van der Waals surface area contributed by atoms with E-state index in [4.69, 9.17) is 21.1 Å². The molecule has 26 heavy (non-hydrogen) atoms. The summed E-state index contributed by atoms with van der Waals surface area (Å²) in [6.07, 6.45) is 9.47. The van der Waals surface area contributed by atoms with Crippen molar-refractivity contribution in [3.63, 3.8) is 0 Å². The molecule has 2 aromatic heterocycles. The van der Waals surface area contributed by atoms with E-state index >= 15 is 0 Å². The first-order valence-electron chi connectivity index (χ1n) is 9.20. The van der Waals surface area contributed by atoms with E-state index in [0.29, 0.717) is 24.2 Å². The van der Waals surface area contributed by atoms with Crippen molar-refractivity contribution in [2.45, 2.75) is 45.4 Å². The molecule has 0 radical (unpaired) electrons. The summed E-state index contributed by atoms with van der Waals surface area (Å²) in [4.78, 5) is 16.0. The van der Waals surface area contributed by atoms with Crippen molar-refractivity contribution < 1.29 is 14.3 Å². The van der Waals surface area contributed by atoms with Gasteiger partial charge in [0.05, 0.1) is 18.8 Å². The van der Waals surface area contributed by atoms with Crippen LogP contribution < -0.4 is 4.74 Å². The van der Waals surface area contributed by atoms with E-state index in [-0.39, 0.29) is 17.3 Å². The first-order valence-corrected chi connectivity index (χ1v) is 9.57. The van der Waals surface area contributed by atoms with Crippen molar-refractivity contribution >= 4 is 17.6 Å². The Morgan fingerprint density at radius 2 is 2.00 bits per heavy atom. The van der Waals surface area contributed by atoms with Crippen molar-refractivity contribution in [1.82, 2.24) is 14.8 Å². The quantitative estimate of drug-likeness (QED) is 0.422. The van der Waals surface area contributed by atoms with Crippen LogP contribution in [0.25, 0.3) is 5.82 Å². The van der Waals surface area contributed by atoms with Crippen LogP contribution in [0.5, 0.6) is 5.88 Å². The minimum absolute atomic E-state index is 0.0948. The van der Waals surface area contributed by atoms with E-state index in [9.17, 15) is 4.79 Å². The third-order valence-electron chi connectivity index (χ3n) is 4.57. The van der Waals surface area contributed by atoms with E-state index in [1.807, 2.05) is 6.07 Å². The fourth-order valence-corrected chi connectivity index (χ4v) is 3.39. The summed E-state index contributed by atoms with van der Waals surface area (Å²) in [5, 5.41) is 4.49. The van der Waals surface area contributed by atoms with Gasteiger partial charge < -0.3 is 9.47 Å². The zero-order valence-electron chi connectivity index (χ0n) is 15.0. The molecule has 1 aliphatic carbocycles. The summed E-state index contributed by atoms with van der Waals surface area (Å²) in [6.45, 7) is 2.73. The van der Waals surface area contributed by atoms with Crippen LogP contribution >= 0.6 is 11.6 Å². The van der Waals surface area contributed by atoms with Gasteiger partial charge in [0, 0.05) is 12.3 Å². The Hall–Kier alpha value is -2.08. The summed E-state index contributed by atoms with van der Waals surface area (Å²) in [5.74, 6) is 1.22. The summed E-state index contributed by atoms with van der Waals surface area (Å²) >= 11 is 6.11. The molecule has 0 unspecified atom stereocenters. The van der Waals surface area contributed by atoms with Gasteiger partial charge in [-0.2, -0.15) is 0 Å². The van der Waals surface area contributed by atoms with Gasteiger partial charge in [-0.25, -0.2) is 14.5 Å². The molecule has 0 aliphatic heterocycles. The zero-order valence-corrected chi connectivity index (χ0v) is 15.7. The van der Waals surface area contributed by atoms with Crippen LogP contribution in [0.4, 0.5) is 0 Å². The largest absolute Gasteiger partial charge is 0.476 e. The fraction of sp³-hybridized carbons (Fsp3) is 0.526. The Labute approximate surface area is 158 Å². The van der Waals surface area contributed by atoms with Crippen molar-refractivity contribution in [2.75, 3.05) is 13.2 Å². The number of esters is 1. The Bertz CT molecular complexity index is 739. The Morgan fingerprint density at radius 1 is 1.23 bits per heavy atom. The Kier molecular flexibility index (Phi) is 6.50. The third kappa shape index (κ3) is 4.75. The molecular weight excluding hydrogens is 354 g/mol. The fourth-order valence-electron chi connectivity index (χ4n) is 3.16. The summed E-state index contributed by atoms with van der Waals surface area (Å²) in [7, 11) is 0. The maximum Gasteiger partial charge on any atom is 0.341 e. The smallest absolute Gasteiger partial charge is 0.341 e. The number of pyridine rings is 1. The van der Waals surface area contributed by atoms with Gasteiger partial charge in [-0.15, -0.1) is 5.10 Å².